The highest BCUT2D eigenvalue weighted by atomic mass is 35.5. The van der Waals surface area contributed by atoms with Crippen LogP contribution in [-0.2, 0) is 0 Å². The number of alkyl halides is 1. The summed E-state index contributed by atoms with van der Waals surface area (Å²) < 4.78 is 0. The number of hydrogen-bond acceptors (Lipinski definition) is 1. The van der Waals surface area contributed by atoms with E-state index >= 15 is 0 Å². The number of benzene rings is 2. The van der Waals surface area contributed by atoms with Crippen LogP contribution in [0.15, 0.2) is 48.5 Å². The predicted octanol–water partition coefficient (Wildman–Crippen LogP) is 3.32. The lowest BCUT2D eigenvalue weighted by atomic mass is 9.97. The fraction of sp³-hybridized carbons (Fsp3) is 0.143. The summed E-state index contributed by atoms with van der Waals surface area (Å²) in [6.45, 7) is 0. The molecule has 0 spiro atoms. The van der Waals surface area contributed by atoms with Gasteiger partial charge in [0.2, 0.25) is 0 Å². The Morgan fingerprint density at radius 2 is 1.31 bits per heavy atom. The normalized spacial score (nSPS) is 15.6. The van der Waals surface area contributed by atoms with Gasteiger partial charge in [0, 0.05) is 5.92 Å². The van der Waals surface area contributed by atoms with Gasteiger partial charge in [-0.25, -0.2) is 0 Å². The van der Waals surface area contributed by atoms with Gasteiger partial charge in [0.05, 0.1) is 5.50 Å². The average Bonchev–Trinajstić information content (AvgIpc) is 2.63. The molecule has 0 amide bonds. The molecule has 80 valence electrons. The molecule has 0 bridgehead atoms. The van der Waals surface area contributed by atoms with Crippen LogP contribution in [0.3, 0.4) is 0 Å². The molecule has 2 aromatic rings. The van der Waals surface area contributed by atoms with E-state index in [-0.39, 0.29) is 11.4 Å². The van der Waals surface area contributed by atoms with E-state index in [4.69, 9.17) is 17.3 Å². The highest BCUT2D eigenvalue weighted by molar-refractivity contribution is 6.21. The second kappa shape index (κ2) is 3.62. The van der Waals surface area contributed by atoms with Gasteiger partial charge in [-0.1, -0.05) is 48.5 Å². The first kappa shape index (κ1) is 9.88. The van der Waals surface area contributed by atoms with Crippen molar-refractivity contribution in [3.63, 3.8) is 0 Å². The monoisotopic (exact) mass is 229 g/mol. The van der Waals surface area contributed by atoms with Crippen LogP contribution in [0.1, 0.15) is 17.0 Å². The average molecular weight is 230 g/mol. The zero-order valence-corrected chi connectivity index (χ0v) is 9.48. The summed E-state index contributed by atoms with van der Waals surface area (Å²) in [7, 11) is 0. The summed E-state index contributed by atoms with van der Waals surface area (Å²) >= 11 is 6.12. The molecule has 16 heavy (non-hydrogen) atoms. The molecule has 1 unspecified atom stereocenters. The smallest absolute Gasteiger partial charge is 0.0911 e. The summed E-state index contributed by atoms with van der Waals surface area (Å²) in [4.78, 5) is 0. The topological polar surface area (TPSA) is 26.0 Å². The highest BCUT2D eigenvalue weighted by Gasteiger charge is 2.31. The summed E-state index contributed by atoms with van der Waals surface area (Å²) in [5, 5.41) is 0. The minimum atomic E-state index is -0.371. The Hall–Kier alpha value is -1.31. The van der Waals surface area contributed by atoms with Crippen molar-refractivity contribution in [1.29, 1.82) is 0 Å². The third-order valence-corrected chi connectivity index (χ3v) is 3.45. The first-order chi connectivity index (χ1) is 7.79. The third kappa shape index (κ3) is 1.29. The van der Waals surface area contributed by atoms with Gasteiger partial charge in [-0.15, -0.1) is 11.6 Å². The minimum Gasteiger partial charge on any atom is -0.315 e. The van der Waals surface area contributed by atoms with Crippen LogP contribution in [0.5, 0.6) is 0 Å². The van der Waals surface area contributed by atoms with Gasteiger partial charge in [0.1, 0.15) is 0 Å². The van der Waals surface area contributed by atoms with Gasteiger partial charge < -0.3 is 5.73 Å². The maximum atomic E-state index is 6.12. The van der Waals surface area contributed by atoms with Gasteiger partial charge in [0.25, 0.3) is 0 Å². The van der Waals surface area contributed by atoms with Crippen molar-refractivity contribution >= 4 is 11.6 Å². The highest BCUT2D eigenvalue weighted by Crippen LogP contribution is 2.46. The minimum absolute atomic E-state index is 0.120. The molecular formula is C14H12ClN. The number of fused-ring (bicyclic) bond motifs is 3. The zero-order valence-electron chi connectivity index (χ0n) is 8.73. The standard InChI is InChI=1S/C14H12ClN/c15-14(16)13-11-7-3-1-5-9(11)10-6-2-4-8-12(10)13/h1-8,13-14H,16H2. The van der Waals surface area contributed by atoms with E-state index in [9.17, 15) is 0 Å². The molecule has 0 heterocycles. The largest absolute Gasteiger partial charge is 0.315 e. The van der Waals surface area contributed by atoms with Gasteiger partial charge >= 0.3 is 0 Å². The Morgan fingerprint density at radius 1 is 0.875 bits per heavy atom. The molecule has 0 fully saturated rings. The quantitative estimate of drug-likeness (QED) is 0.589. The summed E-state index contributed by atoms with van der Waals surface area (Å²) in [5.41, 5.74) is 10.5. The molecule has 2 aromatic carbocycles. The maximum Gasteiger partial charge on any atom is 0.0911 e. The molecule has 1 aliphatic rings. The Bertz CT molecular complexity index is 488. The summed E-state index contributed by atoms with van der Waals surface area (Å²) in [5.74, 6) is 0.120. The molecule has 3 rings (SSSR count). The predicted molar refractivity (Wildman–Crippen MR) is 67.5 cm³/mol. The van der Waals surface area contributed by atoms with E-state index < -0.39 is 0 Å². The SMILES string of the molecule is NC(Cl)C1c2ccccc2-c2ccccc21. The van der Waals surface area contributed by atoms with Crippen LogP contribution in [0, 0.1) is 0 Å². The third-order valence-electron chi connectivity index (χ3n) is 3.20. The van der Waals surface area contributed by atoms with Crippen LogP contribution in [0.4, 0.5) is 0 Å². The summed E-state index contributed by atoms with van der Waals surface area (Å²) in [6.07, 6.45) is 0. The van der Waals surface area contributed by atoms with Crippen LogP contribution >= 0.6 is 11.6 Å². The zero-order chi connectivity index (χ0) is 11.1. The Morgan fingerprint density at radius 3 is 1.75 bits per heavy atom. The molecule has 0 saturated heterocycles. The second-order valence-electron chi connectivity index (χ2n) is 4.10. The number of rotatable bonds is 1. The molecule has 2 heteroatoms. The molecule has 1 aliphatic carbocycles. The van der Waals surface area contributed by atoms with E-state index in [1.54, 1.807) is 0 Å². The summed E-state index contributed by atoms with van der Waals surface area (Å²) in [6, 6.07) is 16.7. The molecule has 0 radical (unpaired) electrons. The fourth-order valence-corrected chi connectivity index (χ4v) is 2.81. The van der Waals surface area contributed by atoms with Crippen molar-refractivity contribution in [2.45, 2.75) is 11.4 Å². The first-order valence-electron chi connectivity index (χ1n) is 5.37. The lowest BCUT2D eigenvalue weighted by Crippen LogP contribution is -2.21. The van der Waals surface area contributed by atoms with E-state index in [0.717, 1.165) is 0 Å². The lowest BCUT2D eigenvalue weighted by molar-refractivity contribution is 0.777. The number of halogens is 1. The van der Waals surface area contributed by atoms with Crippen molar-refractivity contribution in [3.8, 4) is 11.1 Å². The second-order valence-corrected chi connectivity index (χ2v) is 4.60. The number of hydrogen-bond donors (Lipinski definition) is 1. The van der Waals surface area contributed by atoms with Gasteiger partial charge in [-0.2, -0.15) is 0 Å². The van der Waals surface area contributed by atoms with E-state index in [1.165, 1.54) is 22.3 Å². The lowest BCUT2D eigenvalue weighted by Gasteiger charge is -2.15. The van der Waals surface area contributed by atoms with Crippen molar-refractivity contribution in [2.75, 3.05) is 0 Å². The van der Waals surface area contributed by atoms with Gasteiger partial charge in [0.15, 0.2) is 0 Å². The fourth-order valence-electron chi connectivity index (χ4n) is 2.54. The molecule has 0 aliphatic heterocycles. The molecule has 2 N–H and O–H groups in total. The van der Waals surface area contributed by atoms with Gasteiger partial charge in [-0.05, 0) is 22.3 Å². The van der Waals surface area contributed by atoms with E-state index in [1.807, 2.05) is 12.1 Å². The van der Waals surface area contributed by atoms with E-state index in [0.29, 0.717) is 0 Å². The van der Waals surface area contributed by atoms with Crippen LogP contribution < -0.4 is 5.73 Å². The van der Waals surface area contributed by atoms with Crippen molar-refractivity contribution < 1.29 is 0 Å². The number of nitrogens with two attached hydrogens (primary N) is 1. The van der Waals surface area contributed by atoms with Crippen molar-refractivity contribution in [2.24, 2.45) is 5.73 Å². The van der Waals surface area contributed by atoms with Crippen molar-refractivity contribution in [1.82, 2.24) is 0 Å². The van der Waals surface area contributed by atoms with Crippen molar-refractivity contribution in [3.05, 3.63) is 59.7 Å². The Kier molecular flexibility index (Phi) is 2.23. The maximum absolute atomic E-state index is 6.12. The molecule has 0 aromatic heterocycles. The van der Waals surface area contributed by atoms with Crippen LogP contribution in [0.2, 0.25) is 0 Å². The van der Waals surface area contributed by atoms with Crippen LogP contribution in [-0.4, -0.2) is 5.50 Å². The van der Waals surface area contributed by atoms with Crippen LogP contribution in [0.25, 0.3) is 11.1 Å². The molecule has 0 saturated carbocycles. The molecule has 1 atom stereocenters. The Balaban J connectivity index is 2.30. The first-order valence-corrected chi connectivity index (χ1v) is 5.80. The Labute approximate surface area is 99.9 Å². The van der Waals surface area contributed by atoms with Gasteiger partial charge in [-0.3, -0.25) is 0 Å². The molecular weight excluding hydrogens is 218 g/mol. The van der Waals surface area contributed by atoms with E-state index in [2.05, 4.69) is 36.4 Å². The molecule has 1 nitrogen and oxygen atoms in total.